The molecule has 1 unspecified atom stereocenters. The number of carbonyl (C=O) groups excluding carboxylic acids is 3. The molecule has 0 fully saturated rings. The van der Waals surface area contributed by atoms with Crippen molar-refractivity contribution in [3.63, 3.8) is 0 Å². The first-order chi connectivity index (χ1) is 14.0. The van der Waals surface area contributed by atoms with Gasteiger partial charge in [-0.2, -0.15) is 5.10 Å². The number of phenols is 1. The SMILES string of the molecule is CCOC(=O)C1=C(C)NC(=O)NC1c1cc(/C=N/NC(N)=O)c(O)c(C(C)(C)C)c1. The van der Waals surface area contributed by atoms with Crippen molar-refractivity contribution in [3.8, 4) is 5.75 Å². The molecule has 6 N–H and O–H groups in total. The second-order valence-electron chi connectivity index (χ2n) is 7.78. The fraction of sp³-hybridized carbons (Fsp3) is 0.400. The number of carbonyl (C=O) groups is 3. The normalized spacial score (nSPS) is 16.8. The molecule has 1 aliphatic rings. The highest BCUT2D eigenvalue weighted by molar-refractivity contribution is 5.95. The molecule has 0 spiro atoms. The number of nitrogens with two attached hydrogens (primary N) is 1. The Morgan fingerprint density at radius 2 is 2.03 bits per heavy atom. The topological polar surface area (TPSA) is 155 Å². The second kappa shape index (κ2) is 8.85. The molecular weight excluding hydrogens is 390 g/mol. The van der Waals surface area contributed by atoms with Crippen LogP contribution in [0.1, 0.15) is 57.4 Å². The van der Waals surface area contributed by atoms with Crippen LogP contribution in [0, 0.1) is 0 Å². The summed E-state index contributed by atoms with van der Waals surface area (Å²) >= 11 is 0. The maximum atomic E-state index is 12.6. The molecule has 4 amide bonds. The summed E-state index contributed by atoms with van der Waals surface area (Å²) in [4.78, 5) is 35.6. The first-order valence-corrected chi connectivity index (χ1v) is 9.37. The van der Waals surface area contributed by atoms with E-state index in [2.05, 4.69) is 21.2 Å². The van der Waals surface area contributed by atoms with Crippen LogP contribution >= 0.6 is 0 Å². The van der Waals surface area contributed by atoms with Crippen molar-refractivity contribution in [3.05, 3.63) is 40.1 Å². The summed E-state index contributed by atoms with van der Waals surface area (Å²) in [6.07, 6.45) is 1.24. The molecule has 0 aliphatic carbocycles. The summed E-state index contributed by atoms with van der Waals surface area (Å²) in [5.74, 6) is -0.608. The number of allylic oxidation sites excluding steroid dienone is 1. The van der Waals surface area contributed by atoms with Crippen LogP contribution in [0.2, 0.25) is 0 Å². The van der Waals surface area contributed by atoms with Gasteiger partial charge >= 0.3 is 18.0 Å². The number of primary amides is 1. The molecule has 30 heavy (non-hydrogen) atoms. The third kappa shape index (κ3) is 5.07. The monoisotopic (exact) mass is 417 g/mol. The number of nitrogens with zero attached hydrogens (tertiary/aromatic N) is 1. The Bertz CT molecular complexity index is 930. The summed E-state index contributed by atoms with van der Waals surface area (Å²) in [6, 6.07) is 1.15. The summed E-state index contributed by atoms with van der Waals surface area (Å²) in [7, 11) is 0. The van der Waals surface area contributed by atoms with E-state index in [4.69, 9.17) is 10.5 Å². The summed E-state index contributed by atoms with van der Waals surface area (Å²) in [5, 5.41) is 19.8. The highest BCUT2D eigenvalue weighted by atomic mass is 16.5. The highest BCUT2D eigenvalue weighted by Crippen LogP contribution is 2.37. The fourth-order valence-corrected chi connectivity index (χ4v) is 3.11. The molecule has 1 atom stereocenters. The maximum absolute atomic E-state index is 12.6. The molecule has 0 aromatic heterocycles. The second-order valence-corrected chi connectivity index (χ2v) is 7.78. The van der Waals surface area contributed by atoms with Gasteiger partial charge in [-0.15, -0.1) is 0 Å². The highest BCUT2D eigenvalue weighted by Gasteiger charge is 2.33. The van der Waals surface area contributed by atoms with Crippen molar-refractivity contribution in [2.45, 2.75) is 46.1 Å². The van der Waals surface area contributed by atoms with E-state index in [0.717, 1.165) is 0 Å². The molecule has 0 saturated carbocycles. The quantitative estimate of drug-likeness (QED) is 0.281. The van der Waals surface area contributed by atoms with Crippen LogP contribution in [0.15, 0.2) is 28.5 Å². The third-order valence-corrected chi connectivity index (χ3v) is 4.45. The summed E-state index contributed by atoms with van der Waals surface area (Å²) in [6.45, 7) is 9.20. The Balaban J connectivity index is 2.67. The van der Waals surface area contributed by atoms with E-state index in [9.17, 15) is 19.5 Å². The number of hydrazone groups is 1. The number of hydrogen-bond acceptors (Lipinski definition) is 6. The van der Waals surface area contributed by atoms with Crippen LogP contribution in [-0.4, -0.2) is 36.0 Å². The van der Waals surface area contributed by atoms with Gasteiger partial charge in [0.1, 0.15) is 5.75 Å². The lowest BCUT2D eigenvalue weighted by Crippen LogP contribution is -2.45. The molecule has 2 rings (SSSR count). The predicted molar refractivity (Wildman–Crippen MR) is 111 cm³/mol. The van der Waals surface area contributed by atoms with Crippen molar-refractivity contribution >= 4 is 24.2 Å². The number of rotatable bonds is 5. The Morgan fingerprint density at radius 1 is 1.37 bits per heavy atom. The number of ether oxygens (including phenoxy) is 1. The molecule has 10 nitrogen and oxygen atoms in total. The molecule has 0 saturated heterocycles. The summed E-state index contributed by atoms with van der Waals surface area (Å²) < 4.78 is 5.16. The van der Waals surface area contributed by atoms with E-state index in [1.165, 1.54) is 6.21 Å². The minimum Gasteiger partial charge on any atom is -0.507 e. The van der Waals surface area contributed by atoms with Gasteiger partial charge in [-0.3, -0.25) is 0 Å². The van der Waals surface area contributed by atoms with E-state index in [-0.39, 0.29) is 23.5 Å². The van der Waals surface area contributed by atoms with Gasteiger partial charge in [0, 0.05) is 16.8 Å². The van der Waals surface area contributed by atoms with Crippen LogP contribution in [0.25, 0.3) is 0 Å². The maximum Gasteiger partial charge on any atom is 0.338 e. The number of nitrogens with one attached hydrogen (secondary N) is 3. The lowest BCUT2D eigenvalue weighted by molar-refractivity contribution is -0.139. The van der Waals surface area contributed by atoms with Gasteiger partial charge in [-0.1, -0.05) is 20.8 Å². The van der Waals surface area contributed by atoms with Gasteiger partial charge in [0.2, 0.25) is 0 Å². The Morgan fingerprint density at radius 3 is 2.60 bits per heavy atom. The van der Waals surface area contributed by atoms with Gasteiger partial charge < -0.3 is 26.2 Å². The Hall–Kier alpha value is -3.56. The lowest BCUT2D eigenvalue weighted by Gasteiger charge is -2.30. The minimum absolute atomic E-state index is 0.0417. The van der Waals surface area contributed by atoms with Crippen LogP contribution in [0.3, 0.4) is 0 Å². The zero-order chi connectivity index (χ0) is 22.6. The van der Waals surface area contributed by atoms with E-state index in [1.807, 2.05) is 20.8 Å². The molecule has 1 aliphatic heterocycles. The van der Waals surface area contributed by atoms with Gasteiger partial charge in [-0.25, -0.2) is 19.8 Å². The van der Waals surface area contributed by atoms with Crippen molar-refractivity contribution in [2.75, 3.05) is 6.61 Å². The molecule has 10 heteroatoms. The van der Waals surface area contributed by atoms with Crippen molar-refractivity contribution < 1.29 is 24.2 Å². The average molecular weight is 417 g/mol. The van der Waals surface area contributed by atoms with E-state index in [1.54, 1.807) is 26.0 Å². The number of benzene rings is 1. The van der Waals surface area contributed by atoms with E-state index >= 15 is 0 Å². The molecule has 0 bridgehead atoms. The molecule has 1 aromatic carbocycles. The minimum atomic E-state index is -0.855. The first-order valence-electron chi connectivity index (χ1n) is 9.37. The number of hydrogen-bond donors (Lipinski definition) is 5. The van der Waals surface area contributed by atoms with E-state index < -0.39 is 29.5 Å². The summed E-state index contributed by atoms with van der Waals surface area (Å²) in [5.41, 5.74) is 8.61. The fourth-order valence-electron chi connectivity index (χ4n) is 3.11. The van der Waals surface area contributed by atoms with Gasteiger partial charge in [0.15, 0.2) is 0 Å². The zero-order valence-electron chi connectivity index (χ0n) is 17.6. The largest absolute Gasteiger partial charge is 0.507 e. The van der Waals surface area contributed by atoms with Crippen molar-refractivity contribution in [1.29, 1.82) is 0 Å². The smallest absolute Gasteiger partial charge is 0.338 e. The Kier molecular flexibility index (Phi) is 6.70. The number of amides is 4. The molecule has 1 aromatic rings. The number of urea groups is 2. The first kappa shape index (κ1) is 22.7. The van der Waals surface area contributed by atoms with E-state index in [0.29, 0.717) is 16.8 Å². The molecule has 1 heterocycles. The standard InChI is InChI=1S/C20H27N5O5/c1-6-30-17(27)14-10(2)23-19(29)24-15(14)11-7-12(9-22-25-18(21)28)16(26)13(8-11)20(3,4)5/h7-9,15,26H,6H2,1-5H3,(H3,21,25,28)(H2,23,24,29)/b22-9+. The predicted octanol–water partition coefficient (Wildman–Crippen LogP) is 1.88. The number of phenolic OH excluding ortho intramolecular Hbond substituents is 1. The van der Waals surface area contributed by atoms with Crippen LogP contribution in [0.5, 0.6) is 5.75 Å². The van der Waals surface area contributed by atoms with Crippen molar-refractivity contribution in [2.24, 2.45) is 10.8 Å². The Labute approximate surface area is 174 Å². The van der Waals surface area contributed by atoms with Crippen LogP contribution in [0.4, 0.5) is 9.59 Å². The number of aromatic hydroxyl groups is 1. The molecule has 0 radical (unpaired) electrons. The van der Waals surface area contributed by atoms with Crippen molar-refractivity contribution in [1.82, 2.24) is 16.1 Å². The molecule has 162 valence electrons. The van der Waals surface area contributed by atoms with Gasteiger partial charge in [0.05, 0.1) is 24.4 Å². The third-order valence-electron chi connectivity index (χ3n) is 4.45. The zero-order valence-corrected chi connectivity index (χ0v) is 17.6. The van der Waals surface area contributed by atoms with Crippen LogP contribution < -0.4 is 21.8 Å². The lowest BCUT2D eigenvalue weighted by atomic mass is 9.82. The number of esters is 1. The molecular formula is C20H27N5O5. The average Bonchev–Trinajstić information content (AvgIpc) is 2.61. The van der Waals surface area contributed by atoms with Crippen LogP contribution in [-0.2, 0) is 14.9 Å². The van der Waals surface area contributed by atoms with Gasteiger partial charge in [-0.05, 0) is 37.0 Å². The van der Waals surface area contributed by atoms with Gasteiger partial charge in [0.25, 0.3) is 0 Å².